The largest absolute Gasteiger partial charge is 0.417 e. The molecule has 0 unspecified atom stereocenters. The molecule has 0 atom stereocenters. The van der Waals surface area contributed by atoms with Gasteiger partial charge in [0.25, 0.3) is 0 Å². The Morgan fingerprint density at radius 2 is 1.78 bits per heavy atom. The molecule has 1 aromatic rings. The van der Waals surface area contributed by atoms with E-state index in [0.717, 1.165) is 6.07 Å². The summed E-state index contributed by atoms with van der Waals surface area (Å²) in [5.74, 6) is 0. The van der Waals surface area contributed by atoms with E-state index in [1.807, 2.05) is 5.16 Å². The number of benzene rings is 1. The van der Waals surface area contributed by atoms with Crippen LogP contribution in [0.3, 0.4) is 0 Å². The third-order valence-electron chi connectivity index (χ3n) is 1.45. The van der Waals surface area contributed by atoms with Crippen molar-refractivity contribution in [2.45, 2.75) is 6.18 Å². The number of halogens is 6. The first kappa shape index (κ1) is 17.8. The molecule has 1 aromatic carbocycles. The van der Waals surface area contributed by atoms with Gasteiger partial charge >= 0.3 is 6.18 Å². The van der Waals surface area contributed by atoms with Crippen LogP contribution >= 0.6 is 59.2 Å². The van der Waals surface area contributed by atoms with Crippen molar-refractivity contribution in [1.82, 2.24) is 0 Å². The Balaban J connectivity index is 0.000000631. The van der Waals surface area contributed by atoms with E-state index in [1.165, 1.54) is 12.1 Å². The first-order valence-corrected chi connectivity index (χ1v) is 5.93. The van der Waals surface area contributed by atoms with Gasteiger partial charge in [0.15, 0.2) is 3.78 Å². The summed E-state index contributed by atoms with van der Waals surface area (Å²) in [7, 11) is 0. The van der Waals surface area contributed by atoms with Gasteiger partial charge in [0.1, 0.15) is 0 Å². The Morgan fingerprint density at radius 3 is 2.17 bits per heavy atom. The maximum Gasteiger partial charge on any atom is 0.417 e. The van der Waals surface area contributed by atoms with Gasteiger partial charge in [-0.3, -0.25) is 0 Å². The lowest BCUT2D eigenvalue weighted by molar-refractivity contribution is -0.137. The molecule has 1 rings (SSSR count). The molecule has 1 nitrogen and oxygen atoms in total. The van der Waals surface area contributed by atoms with Crippen molar-refractivity contribution in [1.29, 1.82) is 0 Å². The number of alkyl halides is 3. The molecule has 0 aromatic heterocycles. The average Bonchev–Trinajstić information content (AvgIpc) is 2.18. The van der Waals surface area contributed by atoms with Crippen molar-refractivity contribution in [2.24, 2.45) is 4.99 Å². The zero-order valence-electron chi connectivity index (χ0n) is 8.26. The Morgan fingerprint density at radius 1 is 1.28 bits per heavy atom. The number of thiocarbonyl (C=S) groups is 2. The number of nitrogens with zero attached hydrogens (tertiary/aromatic N) is 1. The fourth-order valence-electron chi connectivity index (χ4n) is 0.874. The first-order chi connectivity index (χ1) is 8.20. The topological polar surface area (TPSA) is 12.4 Å². The van der Waals surface area contributed by atoms with E-state index in [1.54, 1.807) is 0 Å². The molecule has 0 heterocycles. The van der Waals surface area contributed by atoms with Crippen LogP contribution in [0.1, 0.15) is 5.56 Å². The lowest BCUT2D eigenvalue weighted by atomic mass is 10.2. The third kappa shape index (κ3) is 6.64. The molecule has 0 aliphatic heterocycles. The minimum atomic E-state index is -4.48. The molecule has 0 aliphatic rings. The molecule has 18 heavy (non-hydrogen) atoms. The van der Waals surface area contributed by atoms with Crippen LogP contribution in [0.15, 0.2) is 23.2 Å². The molecule has 0 spiro atoms. The van der Waals surface area contributed by atoms with Crippen LogP contribution in [0.25, 0.3) is 0 Å². The van der Waals surface area contributed by atoms with Crippen molar-refractivity contribution in [2.75, 3.05) is 0 Å². The van der Waals surface area contributed by atoms with E-state index in [-0.39, 0.29) is 9.47 Å². The summed E-state index contributed by atoms with van der Waals surface area (Å²) in [5.41, 5.74) is -0.956. The van der Waals surface area contributed by atoms with Gasteiger partial charge < -0.3 is 0 Å². The fraction of sp³-hybridized carbons (Fsp3) is 0.111. The molecule has 0 aliphatic carbocycles. The molecular formula is C9H3Cl3F3NS2. The zero-order valence-corrected chi connectivity index (χ0v) is 12.2. The maximum atomic E-state index is 12.3. The first-order valence-electron chi connectivity index (χ1n) is 3.98. The SMILES string of the molecule is FC(F)(F)c1cccc(N=C=S)c1Cl.S=C(Cl)Cl. The lowest BCUT2D eigenvalue weighted by Crippen LogP contribution is -2.05. The molecule has 0 fully saturated rings. The van der Waals surface area contributed by atoms with Crippen molar-refractivity contribution in [3.8, 4) is 0 Å². The second kappa shape index (κ2) is 8.04. The Hall–Kier alpha value is -0.230. The molecular weight excluding hydrogens is 350 g/mol. The Bertz CT molecular complexity index is 480. The molecule has 0 bridgehead atoms. The smallest absolute Gasteiger partial charge is 0.193 e. The lowest BCUT2D eigenvalue weighted by Gasteiger charge is -2.09. The van der Waals surface area contributed by atoms with E-state index < -0.39 is 16.8 Å². The summed E-state index contributed by atoms with van der Waals surface area (Å²) in [5, 5.41) is 1.50. The second-order valence-corrected chi connectivity index (χ2v) is 4.93. The van der Waals surface area contributed by atoms with Crippen LogP contribution < -0.4 is 0 Å². The standard InChI is InChI=1S/C8H3ClF3NS.CCl2S/c9-7-5(8(10,11)12)2-1-3-6(7)13-4-14;2-1(3)4/h1-3H;. The highest BCUT2D eigenvalue weighted by molar-refractivity contribution is 7.86. The second-order valence-electron chi connectivity index (χ2n) is 2.57. The number of rotatable bonds is 1. The quantitative estimate of drug-likeness (QED) is 0.357. The van der Waals surface area contributed by atoms with Crippen molar-refractivity contribution >= 4 is 73.9 Å². The molecule has 98 valence electrons. The summed E-state index contributed by atoms with van der Waals surface area (Å²) in [6.07, 6.45) is -4.48. The molecule has 0 N–H and O–H groups in total. The van der Waals surface area contributed by atoms with Crippen LogP contribution in [-0.4, -0.2) is 8.94 Å². The maximum absolute atomic E-state index is 12.3. The highest BCUT2D eigenvalue weighted by atomic mass is 35.5. The molecule has 0 radical (unpaired) electrons. The van der Waals surface area contributed by atoms with Gasteiger partial charge in [0.2, 0.25) is 0 Å². The van der Waals surface area contributed by atoms with Crippen LogP contribution in [0, 0.1) is 0 Å². The van der Waals surface area contributed by atoms with Crippen LogP contribution in [0.2, 0.25) is 5.02 Å². The minimum absolute atomic E-state index is 0.0310. The van der Waals surface area contributed by atoms with E-state index in [9.17, 15) is 13.2 Å². The van der Waals surface area contributed by atoms with E-state index in [0.29, 0.717) is 0 Å². The predicted octanol–water partition coefficient (Wildman–Crippen LogP) is 5.84. The van der Waals surface area contributed by atoms with Gasteiger partial charge in [-0.2, -0.15) is 18.2 Å². The van der Waals surface area contributed by atoms with Gasteiger partial charge in [-0.05, 0) is 24.4 Å². The van der Waals surface area contributed by atoms with Gasteiger partial charge in [0, 0.05) is 0 Å². The summed E-state index contributed by atoms with van der Waals surface area (Å²) in [4.78, 5) is 3.41. The summed E-state index contributed by atoms with van der Waals surface area (Å²) >= 11 is 23.4. The van der Waals surface area contributed by atoms with Crippen LogP contribution in [0.5, 0.6) is 0 Å². The fourth-order valence-corrected chi connectivity index (χ4v) is 1.25. The normalized spacial score (nSPS) is 9.89. The highest BCUT2D eigenvalue weighted by Crippen LogP contribution is 2.38. The molecule has 0 saturated heterocycles. The van der Waals surface area contributed by atoms with Gasteiger partial charge in [0.05, 0.1) is 21.4 Å². The van der Waals surface area contributed by atoms with Crippen molar-refractivity contribution in [3.05, 3.63) is 28.8 Å². The predicted molar refractivity (Wildman–Crippen MR) is 75.4 cm³/mol. The minimum Gasteiger partial charge on any atom is -0.193 e. The summed E-state index contributed by atoms with van der Waals surface area (Å²) in [6.45, 7) is 0. The highest BCUT2D eigenvalue weighted by Gasteiger charge is 2.33. The van der Waals surface area contributed by atoms with E-state index >= 15 is 0 Å². The monoisotopic (exact) mass is 351 g/mol. The zero-order chi connectivity index (χ0) is 14.3. The van der Waals surface area contributed by atoms with Gasteiger partial charge in [-0.1, -0.05) is 53.1 Å². The number of hydrogen-bond donors (Lipinski definition) is 0. The van der Waals surface area contributed by atoms with Gasteiger partial charge in [-0.15, -0.1) is 0 Å². The van der Waals surface area contributed by atoms with Crippen molar-refractivity contribution < 1.29 is 13.2 Å². The Kier molecular flexibility index (Phi) is 7.94. The molecule has 9 heteroatoms. The van der Waals surface area contributed by atoms with Crippen LogP contribution in [-0.2, 0) is 6.18 Å². The van der Waals surface area contributed by atoms with Crippen molar-refractivity contribution in [3.63, 3.8) is 0 Å². The van der Waals surface area contributed by atoms with Crippen LogP contribution in [0.4, 0.5) is 18.9 Å². The summed E-state index contributed by atoms with van der Waals surface area (Å²) in [6, 6.07) is 3.42. The molecule has 0 saturated carbocycles. The number of aliphatic imine (C=N–C) groups is 1. The average molecular weight is 353 g/mol. The molecule has 0 amide bonds. The van der Waals surface area contributed by atoms with Gasteiger partial charge in [-0.25, -0.2) is 0 Å². The van der Waals surface area contributed by atoms with E-state index in [4.69, 9.17) is 34.8 Å². The van der Waals surface area contributed by atoms with E-state index in [2.05, 4.69) is 29.4 Å². The summed E-state index contributed by atoms with van der Waals surface area (Å²) < 4.78 is 36.8. The third-order valence-corrected chi connectivity index (χ3v) is 1.94. The number of hydrogen-bond acceptors (Lipinski definition) is 3. The number of isothiocyanates is 1. The Labute approximate surface area is 127 Å².